The summed E-state index contributed by atoms with van der Waals surface area (Å²) in [6.07, 6.45) is 0.553. The Hall–Kier alpha value is -1.66. The Kier molecular flexibility index (Phi) is 6.36. The Balaban J connectivity index is 1.78. The SMILES string of the molecule is COc1ccc(CCC(=O)N2CCN(C[C@@H](C)O)CC2)cc1F. The summed E-state index contributed by atoms with van der Waals surface area (Å²) in [6, 6.07) is 4.80. The standard InChI is InChI=1S/C17H25FN2O3/c1-13(21)12-19-7-9-20(10-8-19)17(22)6-4-14-3-5-16(23-2)15(18)11-14/h3,5,11,13,21H,4,6-10,12H2,1-2H3/t13-/m1/s1. The van der Waals surface area contributed by atoms with Gasteiger partial charge < -0.3 is 14.7 Å². The molecule has 1 aromatic carbocycles. The first-order chi connectivity index (χ1) is 11.0. The molecule has 1 heterocycles. The number of halogens is 1. The number of nitrogens with zero attached hydrogens (tertiary/aromatic N) is 2. The van der Waals surface area contributed by atoms with Crippen molar-refractivity contribution in [1.29, 1.82) is 0 Å². The number of carbonyl (C=O) groups excluding carboxylic acids is 1. The summed E-state index contributed by atoms with van der Waals surface area (Å²) in [4.78, 5) is 16.3. The molecule has 0 aromatic heterocycles. The minimum absolute atomic E-state index is 0.0953. The number of aliphatic hydroxyl groups excluding tert-OH is 1. The average Bonchev–Trinajstić information content (AvgIpc) is 2.53. The third-order valence-corrected chi connectivity index (χ3v) is 4.09. The van der Waals surface area contributed by atoms with Crippen LogP contribution in [0.15, 0.2) is 18.2 Å². The maximum Gasteiger partial charge on any atom is 0.222 e. The molecule has 0 aliphatic carbocycles. The second-order valence-electron chi connectivity index (χ2n) is 6.00. The molecule has 0 bridgehead atoms. The van der Waals surface area contributed by atoms with Gasteiger partial charge in [-0.3, -0.25) is 9.69 Å². The average molecular weight is 324 g/mol. The molecular weight excluding hydrogens is 299 g/mol. The Morgan fingerprint density at radius 2 is 2.04 bits per heavy atom. The molecule has 1 amide bonds. The maximum atomic E-state index is 13.6. The van der Waals surface area contributed by atoms with Gasteiger partial charge >= 0.3 is 0 Å². The molecule has 0 saturated carbocycles. The molecule has 5 nitrogen and oxygen atoms in total. The molecule has 2 rings (SSSR count). The lowest BCUT2D eigenvalue weighted by molar-refractivity contribution is -0.133. The van der Waals surface area contributed by atoms with Gasteiger partial charge in [0.1, 0.15) is 0 Å². The molecule has 1 atom stereocenters. The summed E-state index contributed by atoms with van der Waals surface area (Å²) >= 11 is 0. The molecule has 1 saturated heterocycles. The van der Waals surface area contributed by atoms with Crippen LogP contribution < -0.4 is 4.74 Å². The monoisotopic (exact) mass is 324 g/mol. The van der Waals surface area contributed by atoms with E-state index in [9.17, 15) is 14.3 Å². The first-order valence-electron chi connectivity index (χ1n) is 8.00. The van der Waals surface area contributed by atoms with Crippen molar-refractivity contribution < 1.29 is 19.0 Å². The fraction of sp³-hybridized carbons (Fsp3) is 0.588. The first kappa shape index (κ1) is 17.7. The van der Waals surface area contributed by atoms with E-state index in [1.165, 1.54) is 13.2 Å². The van der Waals surface area contributed by atoms with Gasteiger partial charge in [-0.05, 0) is 31.0 Å². The molecular formula is C17H25FN2O3. The van der Waals surface area contributed by atoms with E-state index < -0.39 is 5.82 Å². The zero-order chi connectivity index (χ0) is 16.8. The summed E-state index contributed by atoms with van der Waals surface area (Å²) in [6.45, 7) is 5.35. The van der Waals surface area contributed by atoms with Crippen LogP contribution in [-0.2, 0) is 11.2 Å². The van der Waals surface area contributed by atoms with Crippen molar-refractivity contribution in [3.63, 3.8) is 0 Å². The topological polar surface area (TPSA) is 53.0 Å². The van der Waals surface area contributed by atoms with Crippen LogP contribution in [0, 0.1) is 5.82 Å². The van der Waals surface area contributed by atoms with Gasteiger partial charge in [0.2, 0.25) is 5.91 Å². The summed E-state index contributed by atoms with van der Waals surface area (Å²) < 4.78 is 18.5. The van der Waals surface area contributed by atoms with Crippen LogP contribution in [0.1, 0.15) is 18.9 Å². The molecule has 6 heteroatoms. The summed E-state index contributed by atoms with van der Waals surface area (Å²) in [5.74, 6) is -0.0866. The number of amides is 1. The molecule has 1 fully saturated rings. The third kappa shape index (κ3) is 5.18. The molecule has 1 aliphatic rings. The van der Waals surface area contributed by atoms with E-state index in [0.717, 1.165) is 18.7 Å². The maximum absolute atomic E-state index is 13.6. The molecule has 1 N–H and O–H groups in total. The zero-order valence-corrected chi connectivity index (χ0v) is 13.8. The number of aryl methyl sites for hydroxylation is 1. The Labute approximate surface area is 136 Å². The van der Waals surface area contributed by atoms with Gasteiger partial charge in [0.25, 0.3) is 0 Å². The second kappa shape index (κ2) is 8.26. The lowest BCUT2D eigenvalue weighted by Gasteiger charge is -2.35. The van der Waals surface area contributed by atoms with Crippen molar-refractivity contribution in [2.45, 2.75) is 25.9 Å². The van der Waals surface area contributed by atoms with E-state index in [0.29, 0.717) is 32.5 Å². The first-order valence-corrected chi connectivity index (χ1v) is 8.00. The van der Waals surface area contributed by atoms with Crippen LogP contribution >= 0.6 is 0 Å². The number of carbonyl (C=O) groups is 1. The van der Waals surface area contributed by atoms with Crippen LogP contribution in [0.5, 0.6) is 5.75 Å². The summed E-state index contributed by atoms with van der Waals surface area (Å²) in [5.41, 5.74) is 0.796. The van der Waals surface area contributed by atoms with E-state index in [1.54, 1.807) is 19.1 Å². The lowest BCUT2D eigenvalue weighted by Crippen LogP contribution is -2.50. The number of hydrogen-bond donors (Lipinski definition) is 1. The number of rotatable bonds is 6. The predicted molar refractivity (Wildman–Crippen MR) is 86.0 cm³/mol. The van der Waals surface area contributed by atoms with Crippen LogP contribution in [0.25, 0.3) is 0 Å². The zero-order valence-electron chi connectivity index (χ0n) is 13.8. The normalized spacial score (nSPS) is 17.1. The van der Waals surface area contributed by atoms with Crippen molar-refractivity contribution in [2.75, 3.05) is 39.8 Å². The second-order valence-corrected chi connectivity index (χ2v) is 6.00. The van der Waals surface area contributed by atoms with Gasteiger partial charge in [0.05, 0.1) is 13.2 Å². The molecule has 0 unspecified atom stereocenters. The van der Waals surface area contributed by atoms with Crippen LogP contribution in [-0.4, -0.2) is 66.8 Å². The number of β-amino-alcohol motifs (C(OH)–C–C–N with tert-alkyl or cyclic N) is 1. The van der Waals surface area contributed by atoms with Gasteiger partial charge in [-0.2, -0.15) is 0 Å². The van der Waals surface area contributed by atoms with E-state index >= 15 is 0 Å². The number of ether oxygens (including phenoxy) is 1. The number of hydrogen-bond acceptors (Lipinski definition) is 4. The largest absolute Gasteiger partial charge is 0.494 e. The predicted octanol–water partition coefficient (Wildman–Crippen LogP) is 1.29. The molecule has 23 heavy (non-hydrogen) atoms. The highest BCUT2D eigenvalue weighted by Crippen LogP contribution is 2.18. The Morgan fingerprint density at radius 3 is 2.61 bits per heavy atom. The molecule has 0 radical (unpaired) electrons. The van der Waals surface area contributed by atoms with Gasteiger partial charge in [0.15, 0.2) is 11.6 Å². The van der Waals surface area contributed by atoms with E-state index in [4.69, 9.17) is 4.74 Å². The quantitative estimate of drug-likeness (QED) is 0.857. The van der Waals surface area contributed by atoms with Crippen molar-refractivity contribution in [1.82, 2.24) is 9.80 Å². The fourth-order valence-electron chi connectivity index (χ4n) is 2.83. The van der Waals surface area contributed by atoms with Gasteiger partial charge in [0, 0.05) is 39.1 Å². The Bertz CT molecular complexity index is 529. The molecule has 1 aliphatic heterocycles. The molecule has 0 spiro atoms. The van der Waals surface area contributed by atoms with E-state index in [-0.39, 0.29) is 17.8 Å². The minimum atomic E-state index is -0.399. The smallest absolute Gasteiger partial charge is 0.222 e. The number of aliphatic hydroxyl groups is 1. The molecule has 128 valence electrons. The van der Waals surface area contributed by atoms with Crippen molar-refractivity contribution in [3.05, 3.63) is 29.6 Å². The highest BCUT2D eigenvalue weighted by molar-refractivity contribution is 5.76. The van der Waals surface area contributed by atoms with Crippen molar-refractivity contribution >= 4 is 5.91 Å². The lowest BCUT2D eigenvalue weighted by atomic mass is 10.1. The van der Waals surface area contributed by atoms with Crippen molar-refractivity contribution in [3.8, 4) is 5.75 Å². The minimum Gasteiger partial charge on any atom is -0.494 e. The van der Waals surface area contributed by atoms with Crippen molar-refractivity contribution in [2.24, 2.45) is 0 Å². The third-order valence-electron chi connectivity index (χ3n) is 4.09. The van der Waals surface area contributed by atoms with Gasteiger partial charge in [-0.25, -0.2) is 4.39 Å². The highest BCUT2D eigenvalue weighted by Gasteiger charge is 2.21. The number of benzene rings is 1. The van der Waals surface area contributed by atoms with Crippen LogP contribution in [0.2, 0.25) is 0 Å². The van der Waals surface area contributed by atoms with E-state index in [1.807, 2.05) is 4.90 Å². The van der Waals surface area contributed by atoms with Gasteiger partial charge in [-0.15, -0.1) is 0 Å². The summed E-state index contributed by atoms with van der Waals surface area (Å²) in [7, 11) is 1.43. The highest BCUT2D eigenvalue weighted by atomic mass is 19.1. The number of piperazine rings is 1. The van der Waals surface area contributed by atoms with E-state index in [2.05, 4.69) is 4.90 Å². The van der Waals surface area contributed by atoms with Gasteiger partial charge in [-0.1, -0.05) is 6.07 Å². The van der Waals surface area contributed by atoms with Crippen LogP contribution in [0.3, 0.4) is 0 Å². The van der Waals surface area contributed by atoms with Crippen LogP contribution in [0.4, 0.5) is 4.39 Å². The summed E-state index contributed by atoms with van der Waals surface area (Å²) in [5, 5.41) is 9.39. The Morgan fingerprint density at radius 1 is 1.35 bits per heavy atom. The molecule has 1 aromatic rings. The fourth-order valence-corrected chi connectivity index (χ4v) is 2.83. The number of methoxy groups -OCH3 is 1.